The molecule has 0 radical (unpaired) electrons. The highest BCUT2D eigenvalue weighted by Crippen LogP contribution is 2.28. The Morgan fingerprint density at radius 3 is 2.66 bits per heavy atom. The van der Waals surface area contributed by atoms with Gasteiger partial charge >= 0.3 is 6.61 Å². The highest BCUT2D eigenvalue weighted by Gasteiger charge is 2.19. The molecule has 150 valence electrons. The number of nitrogens with one attached hydrogen (secondary N) is 1. The summed E-state index contributed by atoms with van der Waals surface area (Å²) in [5.41, 5.74) is 0.929. The number of hydrogen-bond acceptors (Lipinski definition) is 4. The Balaban J connectivity index is 1.84. The summed E-state index contributed by atoms with van der Waals surface area (Å²) in [4.78, 5) is 27.3. The molecule has 2 aromatic carbocycles. The van der Waals surface area contributed by atoms with Crippen LogP contribution in [0.5, 0.6) is 5.75 Å². The summed E-state index contributed by atoms with van der Waals surface area (Å²) in [5, 5.41) is 2.75. The second-order valence-electron chi connectivity index (χ2n) is 5.85. The van der Waals surface area contributed by atoms with E-state index in [9.17, 15) is 22.8 Å². The Morgan fingerprint density at radius 1 is 1.28 bits per heavy atom. The van der Waals surface area contributed by atoms with Crippen molar-refractivity contribution in [3.63, 3.8) is 0 Å². The van der Waals surface area contributed by atoms with Gasteiger partial charge in [-0.3, -0.25) is 9.59 Å². The number of carbonyl (C=O) groups excluding carboxylic acids is 2. The van der Waals surface area contributed by atoms with Gasteiger partial charge in [-0.1, -0.05) is 11.6 Å². The van der Waals surface area contributed by atoms with Crippen LogP contribution in [0.4, 0.5) is 18.9 Å². The number of aromatic nitrogens is 2. The van der Waals surface area contributed by atoms with Crippen molar-refractivity contribution in [3.8, 4) is 17.0 Å². The summed E-state index contributed by atoms with van der Waals surface area (Å²) < 4.78 is 44.3. The van der Waals surface area contributed by atoms with Crippen LogP contribution in [0.3, 0.4) is 0 Å². The van der Waals surface area contributed by atoms with Gasteiger partial charge in [0.2, 0.25) is 0 Å². The second kappa shape index (κ2) is 8.36. The molecule has 0 saturated heterocycles. The molecule has 1 amide bonds. The molecule has 0 bridgehead atoms. The predicted molar refractivity (Wildman–Crippen MR) is 100 cm³/mol. The Morgan fingerprint density at radius 2 is 2.03 bits per heavy atom. The summed E-state index contributed by atoms with van der Waals surface area (Å²) >= 11 is 5.93. The zero-order chi connectivity index (χ0) is 21.1. The lowest BCUT2D eigenvalue weighted by atomic mass is 10.1. The van der Waals surface area contributed by atoms with Crippen molar-refractivity contribution in [1.82, 2.24) is 9.55 Å². The quantitative estimate of drug-likeness (QED) is 0.590. The summed E-state index contributed by atoms with van der Waals surface area (Å²) in [6, 6.07) is 7.63. The molecule has 29 heavy (non-hydrogen) atoms. The number of halogens is 4. The minimum Gasteiger partial charge on any atom is -0.435 e. The minimum absolute atomic E-state index is 0.0251. The number of benzene rings is 2. The molecule has 0 atom stereocenters. The number of anilines is 1. The van der Waals surface area contributed by atoms with Crippen LogP contribution < -0.4 is 10.1 Å². The lowest BCUT2D eigenvalue weighted by molar-refractivity contribution is -0.0499. The van der Waals surface area contributed by atoms with E-state index in [4.69, 9.17) is 11.6 Å². The third-order valence-electron chi connectivity index (χ3n) is 4.02. The van der Waals surface area contributed by atoms with E-state index in [0.717, 1.165) is 6.07 Å². The zero-order valence-corrected chi connectivity index (χ0v) is 15.6. The van der Waals surface area contributed by atoms with Crippen LogP contribution in [-0.4, -0.2) is 28.4 Å². The molecule has 0 fully saturated rings. The van der Waals surface area contributed by atoms with Crippen LogP contribution in [0.2, 0.25) is 5.02 Å². The lowest BCUT2D eigenvalue weighted by Gasteiger charge is -2.10. The third kappa shape index (κ3) is 4.40. The molecule has 1 N–H and O–H groups in total. The van der Waals surface area contributed by atoms with Crippen molar-refractivity contribution < 1.29 is 27.5 Å². The number of aldehydes is 1. The first-order valence-corrected chi connectivity index (χ1v) is 8.50. The summed E-state index contributed by atoms with van der Waals surface area (Å²) in [6.45, 7) is -3.07. The number of alkyl halides is 2. The van der Waals surface area contributed by atoms with Crippen molar-refractivity contribution in [2.45, 2.75) is 6.61 Å². The fraction of sp³-hybridized carbons (Fsp3) is 0.105. The maximum absolute atomic E-state index is 14.3. The van der Waals surface area contributed by atoms with Crippen LogP contribution in [0, 0.1) is 5.82 Å². The Bertz CT molecular complexity index is 1090. The average molecular weight is 424 g/mol. The van der Waals surface area contributed by atoms with Crippen molar-refractivity contribution in [2.75, 3.05) is 5.32 Å². The van der Waals surface area contributed by atoms with Crippen molar-refractivity contribution in [3.05, 3.63) is 64.8 Å². The van der Waals surface area contributed by atoms with E-state index >= 15 is 0 Å². The predicted octanol–water partition coefficient (Wildman–Crippen LogP) is 4.55. The largest absolute Gasteiger partial charge is 0.435 e. The molecule has 0 spiro atoms. The van der Waals surface area contributed by atoms with E-state index in [1.807, 2.05) is 0 Å². The number of nitrogens with zero attached hydrogens (tertiary/aromatic N) is 2. The van der Waals surface area contributed by atoms with Gasteiger partial charge in [-0.25, -0.2) is 9.37 Å². The topological polar surface area (TPSA) is 73.2 Å². The number of ether oxygens (including phenoxy) is 1. The lowest BCUT2D eigenvalue weighted by Crippen LogP contribution is -2.17. The van der Waals surface area contributed by atoms with Gasteiger partial charge in [-0.05, 0) is 30.3 Å². The maximum atomic E-state index is 14.3. The molecule has 3 rings (SSSR count). The van der Waals surface area contributed by atoms with Crippen LogP contribution in [0.1, 0.15) is 21.0 Å². The van der Waals surface area contributed by atoms with Gasteiger partial charge in [-0.2, -0.15) is 8.78 Å². The van der Waals surface area contributed by atoms with E-state index in [2.05, 4.69) is 15.0 Å². The Labute approximate surface area is 167 Å². The summed E-state index contributed by atoms with van der Waals surface area (Å²) in [6.07, 6.45) is 1.87. The summed E-state index contributed by atoms with van der Waals surface area (Å²) in [7, 11) is 1.50. The molecule has 0 saturated carbocycles. The molecule has 0 aliphatic heterocycles. The molecular weight excluding hydrogens is 411 g/mol. The van der Waals surface area contributed by atoms with Crippen LogP contribution in [0.15, 0.2) is 42.6 Å². The number of hydrogen-bond donors (Lipinski definition) is 1. The zero-order valence-electron chi connectivity index (χ0n) is 14.8. The molecule has 0 aliphatic rings. The number of imidazole rings is 1. The number of amides is 1. The van der Waals surface area contributed by atoms with Crippen LogP contribution in [-0.2, 0) is 7.05 Å². The van der Waals surface area contributed by atoms with Crippen molar-refractivity contribution in [1.29, 1.82) is 0 Å². The number of carbonyl (C=O) groups is 2. The normalized spacial score (nSPS) is 10.8. The Kier molecular flexibility index (Phi) is 5.88. The molecule has 1 heterocycles. The first-order chi connectivity index (χ1) is 13.8. The van der Waals surface area contributed by atoms with Gasteiger partial charge in [0.15, 0.2) is 12.1 Å². The molecule has 10 heteroatoms. The maximum Gasteiger partial charge on any atom is 0.387 e. The van der Waals surface area contributed by atoms with E-state index < -0.39 is 18.3 Å². The van der Waals surface area contributed by atoms with E-state index in [1.165, 1.54) is 48.1 Å². The van der Waals surface area contributed by atoms with Gasteiger partial charge in [0.05, 0.1) is 16.9 Å². The van der Waals surface area contributed by atoms with Crippen LogP contribution >= 0.6 is 11.6 Å². The van der Waals surface area contributed by atoms with Crippen molar-refractivity contribution in [2.24, 2.45) is 7.05 Å². The third-order valence-corrected chi connectivity index (χ3v) is 4.35. The van der Waals surface area contributed by atoms with E-state index in [1.54, 1.807) is 0 Å². The number of rotatable bonds is 6. The van der Waals surface area contributed by atoms with Gasteiger partial charge in [-0.15, -0.1) is 0 Å². The molecule has 3 aromatic rings. The smallest absolute Gasteiger partial charge is 0.387 e. The molecule has 0 aliphatic carbocycles. The van der Waals surface area contributed by atoms with Gasteiger partial charge in [0.25, 0.3) is 5.91 Å². The highest BCUT2D eigenvalue weighted by molar-refractivity contribution is 6.33. The van der Waals surface area contributed by atoms with Crippen LogP contribution in [0.25, 0.3) is 11.3 Å². The van der Waals surface area contributed by atoms with Gasteiger partial charge in [0, 0.05) is 29.9 Å². The fourth-order valence-corrected chi connectivity index (χ4v) is 2.86. The SMILES string of the molecule is Cn1c(-c2ccc(OC(F)F)cc2F)cnc1C(=O)Nc1ccc(C=O)c(Cl)c1. The fourth-order valence-electron chi connectivity index (χ4n) is 2.64. The standard InChI is InChI=1S/C19H13ClF3N3O3/c1-26-16(13-5-4-12(7-15(13)21)29-19(22)23)8-24-17(26)18(28)25-11-3-2-10(9-27)14(20)6-11/h2-9,19H,1H3,(H,25,28). The second-order valence-corrected chi connectivity index (χ2v) is 6.26. The first kappa shape index (κ1) is 20.4. The van der Waals surface area contributed by atoms with E-state index in [0.29, 0.717) is 12.0 Å². The average Bonchev–Trinajstić information content (AvgIpc) is 3.03. The Hall–Kier alpha value is -3.33. The summed E-state index contributed by atoms with van der Waals surface area (Å²) in [5.74, 6) is -1.75. The van der Waals surface area contributed by atoms with Gasteiger partial charge < -0.3 is 14.6 Å². The molecular formula is C19H13ClF3N3O3. The minimum atomic E-state index is -3.07. The highest BCUT2D eigenvalue weighted by atomic mass is 35.5. The van der Waals surface area contributed by atoms with Gasteiger partial charge in [0.1, 0.15) is 11.6 Å². The van der Waals surface area contributed by atoms with Crippen molar-refractivity contribution >= 4 is 29.5 Å². The van der Waals surface area contributed by atoms with E-state index in [-0.39, 0.29) is 33.4 Å². The molecule has 1 aromatic heterocycles. The molecule has 6 nitrogen and oxygen atoms in total. The first-order valence-electron chi connectivity index (χ1n) is 8.12. The monoisotopic (exact) mass is 423 g/mol. The molecule has 0 unspecified atom stereocenters.